The lowest BCUT2D eigenvalue weighted by molar-refractivity contribution is -0.146. The summed E-state index contributed by atoms with van der Waals surface area (Å²) >= 11 is 0. The van der Waals surface area contributed by atoms with E-state index < -0.39 is 0 Å². The molecule has 1 saturated heterocycles. The maximum absolute atomic E-state index is 10.9. The predicted octanol–water partition coefficient (Wildman–Crippen LogP) is -0.340. The maximum Gasteiger partial charge on any atom is 0.241 e. The zero-order valence-corrected chi connectivity index (χ0v) is 5.89. The quantitative estimate of drug-likeness (QED) is 0.544. The first-order valence-corrected chi connectivity index (χ1v) is 3.34. The third kappa shape index (κ3) is 1.26. The van der Waals surface area contributed by atoms with Gasteiger partial charge in [-0.1, -0.05) is 0 Å². The molecule has 56 valence electrons. The minimum Gasteiger partial charge on any atom is -0.273 e. The van der Waals surface area contributed by atoms with Gasteiger partial charge in [-0.2, -0.15) is 0 Å². The summed E-state index contributed by atoms with van der Waals surface area (Å²) in [6.07, 6.45) is 0.676. The molecule has 2 amide bonds. The van der Waals surface area contributed by atoms with Gasteiger partial charge in [0.05, 0.1) is 0 Å². The van der Waals surface area contributed by atoms with E-state index in [1.807, 2.05) is 6.92 Å². The van der Waals surface area contributed by atoms with Crippen molar-refractivity contribution in [2.24, 2.45) is 0 Å². The summed E-state index contributed by atoms with van der Waals surface area (Å²) in [5, 5.41) is 1.34. The molecule has 0 radical (unpaired) electrons. The second-order valence-electron chi connectivity index (χ2n) is 2.17. The summed E-state index contributed by atoms with van der Waals surface area (Å²) in [5.41, 5.74) is 2.46. The summed E-state index contributed by atoms with van der Waals surface area (Å²) in [5.74, 6) is -0.0662. The molecular formula is C6H10N2O2. The molecule has 0 aromatic carbocycles. The second kappa shape index (κ2) is 2.68. The van der Waals surface area contributed by atoms with Crippen LogP contribution >= 0.6 is 0 Å². The fourth-order valence-corrected chi connectivity index (χ4v) is 0.880. The molecule has 0 aromatic heterocycles. The van der Waals surface area contributed by atoms with Gasteiger partial charge in [-0.25, -0.2) is 0 Å². The molecule has 0 unspecified atom stereocenters. The Morgan fingerprint density at radius 2 is 2.20 bits per heavy atom. The minimum atomic E-state index is -0.0681. The van der Waals surface area contributed by atoms with Gasteiger partial charge in [-0.15, -0.1) is 0 Å². The first kappa shape index (κ1) is 7.05. The van der Waals surface area contributed by atoms with E-state index in [0.717, 1.165) is 0 Å². The SMILES string of the molecule is CCN1NC(=O)CCC1=O. The van der Waals surface area contributed by atoms with Gasteiger partial charge < -0.3 is 0 Å². The van der Waals surface area contributed by atoms with Gasteiger partial charge in [-0.3, -0.25) is 20.0 Å². The summed E-state index contributed by atoms with van der Waals surface area (Å²) in [6, 6.07) is 0. The molecular weight excluding hydrogens is 132 g/mol. The topological polar surface area (TPSA) is 49.4 Å². The number of hydrogen-bond acceptors (Lipinski definition) is 2. The van der Waals surface area contributed by atoms with Crippen LogP contribution in [0.25, 0.3) is 0 Å². The minimum absolute atomic E-state index is 0.00194. The van der Waals surface area contributed by atoms with Crippen LogP contribution in [0.5, 0.6) is 0 Å². The molecule has 1 heterocycles. The number of nitrogens with one attached hydrogen (secondary N) is 1. The normalized spacial score (nSPS) is 19.1. The van der Waals surface area contributed by atoms with E-state index in [4.69, 9.17) is 0 Å². The highest BCUT2D eigenvalue weighted by atomic mass is 16.2. The fourth-order valence-electron chi connectivity index (χ4n) is 0.880. The molecule has 0 aromatic rings. The molecule has 1 rings (SSSR count). The standard InChI is InChI=1S/C6H10N2O2/c1-2-8-6(10)4-3-5(9)7-8/h2-4H2,1H3,(H,7,9). The van der Waals surface area contributed by atoms with Gasteiger partial charge in [0.15, 0.2) is 0 Å². The largest absolute Gasteiger partial charge is 0.273 e. The van der Waals surface area contributed by atoms with Crippen molar-refractivity contribution in [1.29, 1.82) is 0 Å². The number of nitrogens with zero attached hydrogens (tertiary/aromatic N) is 1. The molecule has 1 fully saturated rings. The van der Waals surface area contributed by atoms with Crippen LogP contribution in [-0.2, 0) is 9.59 Å². The fraction of sp³-hybridized carbons (Fsp3) is 0.667. The molecule has 0 aliphatic carbocycles. The average molecular weight is 142 g/mol. The zero-order valence-electron chi connectivity index (χ0n) is 5.89. The van der Waals surface area contributed by atoms with E-state index in [1.165, 1.54) is 5.01 Å². The highest BCUT2D eigenvalue weighted by molar-refractivity contribution is 5.89. The Morgan fingerprint density at radius 1 is 1.50 bits per heavy atom. The molecule has 0 atom stereocenters. The molecule has 4 heteroatoms. The molecule has 1 N–H and O–H groups in total. The van der Waals surface area contributed by atoms with Crippen LogP contribution in [0, 0.1) is 0 Å². The smallest absolute Gasteiger partial charge is 0.241 e. The molecule has 1 aliphatic heterocycles. The van der Waals surface area contributed by atoms with Gasteiger partial charge in [0.2, 0.25) is 11.8 Å². The molecule has 10 heavy (non-hydrogen) atoms. The van der Waals surface area contributed by atoms with Crippen molar-refractivity contribution in [3.05, 3.63) is 0 Å². The maximum atomic E-state index is 10.9. The van der Waals surface area contributed by atoms with Crippen LogP contribution in [0.3, 0.4) is 0 Å². The lowest BCUT2D eigenvalue weighted by Crippen LogP contribution is -2.49. The third-order valence-corrected chi connectivity index (χ3v) is 1.44. The van der Waals surface area contributed by atoms with Crippen LogP contribution in [-0.4, -0.2) is 23.4 Å². The Kier molecular flexibility index (Phi) is 1.89. The first-order chi connectivity index (χ1) is 4.74. The van der Waals surface area contributed by atoms with Gasteiger partial charge in [0, 0.05) is 19.4 Å². The van der Waals surface area contributed by atoms with E-state index in [1.54, 1.807) is 0 Å². The van der Waals surface area contributed by atoms with Crippen molar-refractivity contribution in [2.45, 2.75) is 19.8 Å². The van der Waals surface area contributed by atoms with Gasteiger partial charge in [-0.05, 0) is 6.92 Å². The zero-order chi connectivity index (χ0) is 7.56. The lowest BCUT2D eigenvalue weighted by atomic mass is 10.2. The summed E-state index contributed by atoms with van der Waals surface area (Å²) in [6.45, 7) is 2.37. The van der Waals surface area contributed by atoms with Crippen LogP contribution in [0.1, 0.15) is 19.8 Å². The highest BCUT2D eigenvalue weighted by Gasteiger charge is 2.20. The van der Waals surface area contributed by atoms with Crippen LogP contribution < -0.4 is 5.43 Å². The monoisotopic (exact) mass is 142 g/mol. The van der Waals surface area contributed by atoms with Crippen molar-refractivity contribution in [1.82, 2.24) is 10.4 Å². The van der Waals surface area contributed by atoms with E-state index in [0.29, 0.717) is 19.4 Å². The van der Waals surface area contributed by atoms with E-state index in [-0.39, 0.29) is 11.8 Å². The Bertz CT molecular complexity index is 167. The summed E-state index contributed by atoms with van der Waals surface area (Å²) in [4.78, 5) is 21.6. The Balaban J connectivity index is 2.53. The van der Waals surface area contributed by atoms with Crippen molar-refractivity contribution in [3.63, 3.8) is 0 Å². The molecule has 1 aliphatic rings. The second-order valence-corrected chi connectivity index (χ2v) is 2.17. The molecule has 0 spiro atoms. The van der Waals surface area contributed by atoms with Crippen LogP contribution in [0.4, 0.5) is 0 Å². The summed E-state index contributed by atoms with van der Waals surface area (Å²) in [7, 11) is 0. The van der Waals surface area contributed by atoms with E-state index >= 15 is 0 Å². The van der Waals surface area contributed by atoms with Crippen LogP contribution in [0.2, 0.25) is 0 Å². The molecule has 0 bridgehead atoms. The van der Waals surface area contributed by atoms with Crippen molar-refractivity contribution in [3.8, 4) is 0 Å². The Labute approximate surface area is 59.2 Å². The highest BCUT2D eigenvalue weighted by Crippen LogP contribution is 2.01. The van der Waals surface area contributed by atoms with Crippen molar-refractivity contribution in [2.75, 3.05) is 6.54 Å². The van der Waals surface area contributed by atoms with Gasteiger partial charge >= 0.3 is 0 Å². The number of amides is 2. The molecule has 0 saturated carbocycles. The Hall–Kier alpha value is -1.06. The first-order valence-electron chi connectivity index (χ1n) is 3.34. The van der Waals surface area contributed by atoms with Gasteiger partial charge in [0.1, 0.15) is 0 Å². The predicted molar refractivity (Wildman–Crippen MR) is 34.8 cm³/mol. The van der Waals surface area contributed by atoms with Gasteiger partial charge in [0.25, 0.3) is 0 Å². The van der Waals surface area contributed by atoms with E-state index in [2.05, 4.69) is 5.43 Å². The molecule has 4 nitrogen and oxygen atoms in total. The van der Waals surface area contributed by atoms with Crippen LogP contribution in [0.15, 0.2) is 0 Å². The number of rotatable bonds is 1. The van der Waals surface area contributed by atoms with Crippen molar-refractivity contribution >= 4 is 11.8 Å². The van der Waals surface area contributed by atoms with E-state index in [9.17, 15) is 9.59 Å². The Morgan fingerprint density at radius 3 is 2.70 bits per heavy atom. The summed E-state index contributed by atoms with van der Waals surface area (Å²) < 4.78 is 0. The number of hydrazine groups is 1. The number of hydrogen-bond donors (Lipinski definition) is 1. The number of carbonyl (C=O) groups is 2. The average Bonchev–Trinajstić information content (AvgIpc) is 1.94. The lowest BCUT2D eigenvalue weighted by Gasteiger charge is -2.25. The third-order valence-electron chi connectivity index (χ3n) is 1.44. The number of carbonyl (C=O) groups excluding carboxylic acids is 2. The van der Waals surface area contributed by atoms with Crippen molar-refractivity contribution < 1.29 is 9.59 Å².